The van der Waals surface area contributed by atoms with Crippen molar-refractivity contribution in [3.05, 3.63) is 96.2 Å². The molecule has 7 heteroatoms. The van der Waals surface area contributed by atoms with Gasteiger partial charge in [-0.15, -0.1) is 0 Å². The topological polar surface area (TPSA) is 74.8 Å². The average Bonchev–Trinajstić information content (AvgIpc) is 3.54. The summed E-state index contributed by atoms with van der Waals surface area (Å²) in [4.78, 5) is 21.7. The maximum absolute atomic E-state index is 12.7. The average molecular weight is 443 g/mol. The summed E-state index contributed by atoms with van der Waals surface area (Å²) in [5, 5.41) is 2.88. The minimum Gasteiger partial charge on any atom is -0.461 e. The number of furan rings is 1. The zero-order chi connectivity index (χ0) is 22.5. The van der Waals surface area contributed by atoms with E-state index >= 15 is 0 Å². The minimum atomic E-state index is -0.336. The lowest BCUT2D eigenvalue weighted by atomic mass is 10.1. The van der Waals surface area contributed by atoms with Gasteiger partial charge in [-0.1, -0.05) is 42.5 Å². The summed E-state index contributed by atoms with van der Waals surface area (Å²) in [6.45, 7) is 6.15. The van der Waals surface area contributed by atoms with Crippen molar-refractivity contribution in [1.82, 2.24) is 14.8 Å². The van der Waals surface area contributed by atoms with Crippen molar-refractivity contribution in [2.75, 3.05) is 31.5 Å². The number of carbonyl (C=O) groups is 1. The van der Waals surface area contributed by atoms with E-state index in [4.69, 9.17) is 8.83 Å². The van der Waals surface area contributed by atoms with Crippen LogP contribution in [0.5, 0.6) is 0 Å². The second kappa shape index (κ2) is 9.85. The lowest BCUT2D eigenvalue weighted by Crippen LogP contribution is -2.45. The number of piperazine rings is 1. The highest BCUT2D eigenvalue weighted by Gasteiger charge is 2.21. The molecule has 1 N–H and O–H groups in total. The molecule has 0 atom stereocenters. The Hall–Kier alpha value is -3.68. The summed E-state index contributed by atoms with van der Waals surface area (Å²) >= 11 is 0. The molecule has 0 bridgehead atoms. The number of amides is 1. The standard InChI is InChI=1S/C26H26N4O3/c31-26(24-25(33-19-27-24)23-7-4-16-32-23)28-22-10-8-21(9-11-22)18-30-14-12-29(13-15-30)17-20-5-2-1-3-6-20/h1-11,16,19H,12-15,17-18H2,(H,28,31). The summed E-state index contributed by atoms with van der Waals surface area (Å²) < 4.78 is 10.7. The minimum absolute atomic E-state index is 0.197. The van der Waals surface area contributed by atoms with E-state index in [0.717, 1.165) is 39.3 Å². The molecule has 0 saturated carbocycles. The SMILES string of the molecule is O=C(Nc1ccc(CN2CCN(Cc3ccccc3)CC2)cc1)c1ncoc1-c1ccco1. The van der Waals surface area contributed by atoms with E-state index in [-0.39, 0.29) is 11.6 Å². The Bertz CT molecular complexity index is 1160. The molecule has 4 aromatic rings. The molecule has 1 aliphatic rings. The Morgan fingerprint density at radius 3 is 2.12 bits per heavy atom. The monoisotopic (exact) mass is 442 g/mol. The third kappa shape index (κ3) is 5.22. The van der Waals surface area contributed by atoms with Gasteiger partial charge in [0.05, 0.1) is 6.26 Å². The normalized spacial score (nSPS) is 14.9. The first-order valence-electron chi connectivity index (χ1n) is 11.1. The molecule has 2 aromatic carbocycles. The Kier molecular flexibility index (Phi) is 6.32. The van der Waals surface area contributed by atoms with Gasteiger partial charge in [-0.3, -0.25) is 14.6 Å². The van der Waals surface area contributed by atoms with Crippen LogP contribution in [0.15, 0.2) is 88.2 Å². The smallest absolute Gasteiger partial charge is 0.278 e. The van der Waals surface area contributed by atoms with E-state index in [2.05, 4.69) is 62.6 Å². The van der Waals surface area contributed by atoms with Crippen LogP contribution in [0.2, 0.25) is 0 Å². The van der Waals surface area contributed by atoms with Crippen LogP contribution in [-0.2, 0) is 13.1 Å². The van der Waals surface area contributed by atoms with E-state index in [1.807, 2.05) is 12.1 Å². The van der Waals surface area contributed by atoms with Crippen LogP contribution in [0, 0.1) is 0 Å². The van der Waals surface area contributed by atoms with Gasteiger partial charge in [0, 0.05) is 45.0 Å². The number of nitrogens with one attached hydrogen (secondary N) is 1. The van der Waals surface area contributed by atoms with Gasteiger partial charge < -0.3 is 14.2 Å². The number of carbonyl (C=O) groups excluding carboxylic acids is 1. The van der Waals surface area contributed by atoms with E-state index < -0.39 is 0 Å². The summed E-state index contributed by atoms with van der Waals surface area (Å²) in [6.07, 6.45) is 2.77. The number of hydrogen-bond acceptors (Lipinski definition) is 6. The fraction of sp³-hybridized carbons (Fsp3) is 0.231. The lowest BCUT2D eigenvalue weighted by Gasteiger charge is -2.34. The first kappa shape index (κ1) is 21.2. The van der Waals surface area contributed by atoms with Crippen LogP contribution in [0.1, 0.15) is 21.6 Å². The Morgan fingerprint density at radius 1 is 0.818 bits per heavy atom. The largest absolute Gasteiger partial charge is 0.461 e. The van der Waals surface area contributed by atoms with Crippen LogP contribution >= 0.6 is 0 Å². The van der Waals surface area contributed by atoms with Crippen molar-refractivity contribution in [1.29, 1.82) is 0 Å². The van der Waals surface area contributed by atoms with Crippen LogP contribution < -0.4 is 5.32 Å². The fourth-order valence-electron chi connectivity index (χ4n) is 4.08. The highest BCUT2D eigenvalue weighted by atomic mass is 16.4. The molecule has 1 saturated heterocycles. The van der Waals surface area contributed by atoms with Crippen molar-refractivity contribution < 1.29 is 13.6 Å². The predicted octanol–water partition coefficient (Wildman–Crippen LogP) is 4.50. The van der Waals surface area contributed by atoms with Crippen LogP contribution in [0.3, 0.4) is 0 Å². The highest BCUT2D eigenvalue weighted by molar-refractivity contribution is 6.06. The number of nitrogens with zero attached hydrogens (tertiary/aromatic N) is 3. The Morgan fingerprint density at radius 2 is 1.48 bits per heavy atom. The van der Waals surface area contributed by atoms with Crippen molar-refractivity contribution in [3.63, 3.8) is 0 Å². The van der Waals surface area contributed by atoms with Gasteiger partial charge in [-0.2, -0.15) is 0 Å². The number of oxazole rings is 1. The second-order valence-electron chi connectivity index (χ2n) is 8.20. The first-order valence-corrected chi connectivity index (χ1v) is 11.1. The van der Waals surface area contributed by atoms with E-state index in [9.17, 15) is 4.79 Å². The molecule has 33 heavy (non-hydrogen) atoms. The molecule has 0 radical (unpaired) electrons. The lowest BCUT2D eigenvalue weighted by molar-refractivity contribution is 0.102. The molecule has 2 aromatic heterocycles. The summed E-state index contributed by atoms with van der Waals surface area (Å²) in [5.74, 6) is 0.454. The van der Waals surface area contributed by atoms with Gasteiger partial charge in [0.2, 0.25) is 5.76 Å². The number of benzene rings is 2. The van der Waals surface area contributed by atoms with Crippen LogP contribution in [0.4, 0.5) is 5.69 Å². The molecule has 168 valence electrons. The molecule has 1 amide bonds. The fourth-order valence-corrected chi connectivity index (χ4v) is 4.08. The van der Waals surface area contributed by atoms with Gasteiger partial charge in [0.15, 0.2) is 17.8 Å². The van der Waals surface area contributed by atoms with Crippen LogP contribution in [0.25, 0.3) is 11.5 Å². The molecule has 7 nitrogen and oxygen atoms in total. The summed E-state index contributed by atoms with van der Waals surface area (Å²) in [6, 6.07) is 22.1. The maximum atomic E-state index is 12.7. The van der Waals surface area contributed by atoms with Crippen molar-refractivity contribution in [3.8, 4) is 11.5 Å². The van der Waals surface area contributed by atoms with E-state index in [0.29, 0.717) is 17.2 Å². The van der Waals surface area contributed by atoms with Crippen LogP contribution in [-0.4, -0.2) is 46.9 Å². The number of aromatic nitrogens is 1. The zero-order valence-corrected chi connectivity index (χ0v) is 18.3. The number of rotatable bonds is 7. The van der Waals surface area contributed by atoms with Gasteiger partial charge in [-0.05, 0) is 35.4 Å². The molecule has 0 aliphatic carbocycles. The first-order chi connectivity index (χ1) is 16.2. The van der Waals surface area contributed by atoms with Gasteiger partial charge >= 0.3 is 0 Å². The Labute approximate surface area is 192 Å². The number of anilines is 1. The van der Waals surface area contributed by atoms with Gasteiger partial charge in [0.25, 0.3) is 5.91 Å². The molecule has 1 fully saturated rings. The van der Waals surface area contributed by atoms with Crippen molar-refractivity contribution in [2.45, 2.75) is 13.1 Å². The Balaban J connectivity index is 1.13. The molecule has 1 aliphatic heterocycles. The quantitative estimate of drug-likeness (QED) is 0.454. The van der Waals surface area contributed by atoms with E-state index in [1.165, 1.54) is 23.8 Å². The maximum Gasteiger partial charge on any atom is 0.278 e. The number of hydrogen-bond donors (Lipinski definition) is 1. The van der Waals surface area contributed by atoms with Gasteiger partial charge in [0.1, 0.15) is 0 Å². The molecule has 0 unspecified atom stereocenters. The predicted molar refractivity (Wildman–Crippen MR) is 126 cm³/mol. The van der Waals surface area contributed by atoms with Crippen molar-refractivity contribution >= 4 is 11.6 Å². The molecule has 3 heterocycles. The molecular formula is C26H26N4O3. The second-order valence-corrected chi connectivity index (χ2v) is 8.20. The third-order valence-corrected chi connectivity index (χ3v) is 5.86. The molecular weight excluding hydrogens is 416 g/mol. The zero-order valence-electron chi connectivity index (χ0n) is 18.3. The van der Waals surface area contributed by atoms with E-state index in [1.54, 1.807) is 12.1 Å². The third-order valence-electron chi connectivity index (χ3n) is 5.86. The molecule has 0 spiro atoms. The van der Waals surface area contributed by atoms with Gasteiger partial charge in [-0.25, -0.2) is 4.98 Å². The summed E-state index contributed by atoms with van der Waals surface area (Å²) in [5.41, 5.74) is 3.50. The highest BCUT2D eigenvalue weighted by Crippen LogP contribution is 2.24. The summed E-state index contributed by atoms with van der Waals surface area (Å²) in [7, 11) is 0. The van der Waals surface area contributed by atoms with Crippen molar-refractivity contribution in [2.24, 2.45) is 0 Å². The molecule has 5 rings (SSSR count).